The number of halogens is 2. The molecule has 2 aromatic carbocycles. The van der Waals surface area contributed by atoms with Crippen molar-refractivity contribution in [2.24, 2.45) is 5.10 Å². The fourth-order valence-electron chi connectivity index (χ4n) is 3.01. The molecule has 1 aromatic heterocycles. The number of carbonyl (C=O) groups excluding carboxylic acids is 1. The summed E-state index contributed by atoms with van der Waals surface area (Å²) >= 11 is 13.5. The molecule has 0 saturated heterocycles. The second-order valence-corrected chi connectivity index (χ2v) is 8.44. The zero-order chi connectivity index (χ0) is 21.7. The van der Waals surface area contributed by atoms with Crippen LogP contribution in [0.5, 0.6) is 5.75 Å². The van der Waals surface area contributed by atoms with E-state index in [4.69, 9.17) is 27.9 Å². The molecule has 0 aliphatic rings. The predicted molar refractivity (Wildman–Crippen MR) is 125 cm³/mol. The Balaban J connectivity index is 1.68. The summed E-state index contributed by atoms with van der Waals surface area (Å²) in [4.78, 5) is 13.0. The lowest BCUT2D eigenvalue weighted by atomic mass is 10.2. The van der Waals surface area contributed by atoms with Crippen LogP contribution in [-0.4, -0.2) is 29.6 Å². The third-order valence-electron chi connectivity index (χ3n) is 4.43. The molecule has 30 heavy (non-hydrogen) atoms. The van der Waals surface area contributed by atoms with Crippen LogP contribution in [0.2, 0.25) is 10.0 Å². The maximum atomic E-state index is 12.1. The Morgan fingerprint density at radius 1 is 1.13 bits per heavy atom. The first-order valence-corrected chi connectivity index (χ1v) is 10.9. The fourth-order valence-corrected chi connectivity index (χ4v) is 4.00. The van der Waals surface area contributed by atoms with Crippen molar-refractivity contribution in [1.82, 2.24) is 9.99 Å². The Labute approximate surface area is 190 Å². The summed E-state index contributed by atoms with van der Waals surface area (Å²) in [5, 5.41) is 5.40. The summed E-state index contributed by atoms with van der Waals surface area (Å²) in [6.45, 7) is 3.97. The third kappa shape index (κ3) is 5.39. The van der Waals surface area contributed by atoms with Gasteiger partial charge < -0.3 is 9.30 Å². The first kappa shape index (κ1) is 22.3. The quantitative estimate of drug-likeness (QED) is 0.280. The number of benzene rings is 2. The number of methoxy groups -OCH3 is 1. The van der Waals surface area contributed by atoms with E-state index in [9.17, 15) is 4.79 Å². The molecule has 1 N–H and O–H groups in total. The van der Waals surface area contributed by atoms with Crippen molar-refractivity contribution >= 4 is 47.1 Å². The van der Waals surface area contributed by atoms with Crippen LogP contribution in [0.3, 0.4) is 0 Å². The molecular formula is C22H21Cl2N3O2S. The van der Waals surface area contributed by atoms with Crippen molar-refractivity contribution in [2.45, 2.75) is 18.7 Å². The average Bonchev–Trinajstić information content (AvgIpc) is 3.00. The first-order valence-electron chi connectivity index (χ1n) is 9.12. The zero-order valence-corrected chi connectivity index (χ0v) is 19.1. The number of ether oxygens (including phenoxy) is 1. The Morgan fingerprint density at radius 2 is 1.83 bits per heavy atom. The molecule has 0 radical (unpaired) electrons. The minimum absolute atomic E-state index is 0.184. The lowest BCUT2D eigenvalue weighted by Crippen LogP contribution is -2.19. The van der Waals surface area contributed by atoms with Gasteiger partial charge in [-0.15, -0.1) is 11.8 Å². The van der Waals surface area contributed by atoms with Gasteiger partial charge in [0.2, 0.25) is 5.91 Å². The average molecular weight is 462 g/mol. The molecule has 0 aliphatic heterocycles. The van der Waals surface area contributed by atoms with E-state index >= 15 is 0 Å². The van der Waals surface area contributed by atoms with Crippen molar-refractivity contribution in [2.75, 3.05) is 12.9 Å². The molecule has 0 spiro atoms. The molecule has 5 nitrogen and oxygen atoms in total. The second kappa shape index (κ2) is 10.1. The topological polar surface area (TPSA) is 55.6 Å². The minimum atomic E-state index is -0.184. The van der Waals surface area contributed by atoms with Crippen molar-refractivity contribution in [3.63, 3.8) is 0 Å². The van der Waals surface area contributed by atoms with E-state index in [2.05, 4.69) is 10.5 Å². The number of amides is 1. The van der Waals surface area contributed by atoms with Crippen molar-refractivity contribution in [1.29, 1.82) is 0 Å². The van der Waals surface area contributed by atoms with Gasteiger partial charge in [0.25, 0.3) is 0 Å². The van der Waals surface area contributed by atoms with Crippen LogP contribution in [0, 0.1) is 13.8 Å². The molecule has 0 saturated carbocycles. The van der Waals surface area contributed by atoms with Gasteiger partial charge in [0.05, 0.1) is 24.8 Å². The van der Waals surface area contributed by atoms with Crippen molar-refractivity contribution in [3.05, 3.63) is 75.5 Å². The molecule has 8 heteroatoms. The van der Waals surface area contributed by atoms with E-state index in [0.717, 1.165) is 33.3 Å². The van der Waals surface area contributed by atoms with Crippen LogP contribution < -0.4 is 10.2 Å². The zero-order valence-electron chi connectivity index (χ0n) is 16.8. The van der Waals surface area contributed by atoms with Crippen molar-refractivity contribution in [3.8, 4) is 11.4 Å². The Bertz CT molecular complexity index is 1080. The smallest absolute Gasteiger partial charge is 0.250 e. The number of nitrogens with one attached hydrogen (secondary N) is 1. The van der Waals surface area contributed by atoms with Crippen LogP contribution >= 0.6 is 35.0 Å². The predicted octanol–water partition coefficient (Wildman–Crippen LogP) is 5.65. The lowest BCUT2D eigenvalue weighted by molar-refractivity contribution is -0.118. The van der Waals surface area contributed by atoms with Gasteiger partial charge >= 0.3 is 0 Å². The number of rotatable bonds is 7. The van der Waals surface area contributed by atoms with Crippen LogP contribution in [0.15, 0.2) is 58.5 Å². The maximum Gasteiger partial charge on any atom is 0.250 e. The number of hydrazone groups is 1. The molecule has 3 aromatic rings. The van der Waals surface area contributed by atoms with E-state index in [-0.39, 0.29) is 11.7 Å². The summed E-state index contributed by atoms with van der Waals surface area (Å²) in [6.07, 6.45) is 1.64. The number of hydrogen-bond acceptors (Lipinski definition) is 4. The normalized spacial score (nSPS) is 11.1. The first-order chi connectivity index (χ1) is 14.4. The van der Waals surface area contributed by atoms with Gasteiger partial charge in [-0.2, -0.15) is 5.10 Å². The Morgan fingerprint density at radius 3 is 2.53 bits per heavy atom. The highest BCUT2D eigenvalue weighted by molar-refractivity contribution is 8.00. The van der Waals surface area contributed by atoms with Crippen LogP contribution in [-0.2, 0) is 4.79 Å². The van der Waals surface area contributed by atoms with Crippen molar-refractivity contribution < 1.29 is 9.53 Å². The number of aryl methyl sites for hydroxylation is 1. The highest BCUT2D eigenvalue weighted by Crippen LogP contribution is 2.30. The summed E-state index contributed by atoms with van der Waals surface area (Å²) < 4.78 is 7.52. The highest BCUT2D eigenvalue weighted by atomic mass is 35.5. The fraction of sp³-hybridized carbons (Fsp3) is 0.182. The molecule has 0 atom stereocenters. The molecule has 1 heterocycles. The minimum Gasteiger partial charge on any atom is -0.495 e. The summed E-state index contributed by atoms with van der Waals surface area (Å²) in [7, 11) is 1.63. The van der Waals surface area contributed by atoms with Crippen LogP contribution in [0.4, 0.5) is 0 Å². The molecular weight excluding hydrogens is 441 g/mol. The van der Waals surface area contributed by atoms with Gasteiger partial charge in [-0.25, -0.2) is 5.43 Å². The summed E-state index contributed by atoms with van der Waals surface area (Å²) in [6, 6.07) is 14.8. The van der Waals surface area contributed by atoms with E-state index in [1.54, 1.807) is 31.5 Å². The number of hydrogen-bond donors (Lipinski definition) is 1. The molecule has 0 fully saturated rings. The maximum absolute atomic E-state index is 12.1. The van der Waals surface area contributed by atoms with E-state index in [1.807, 2.05) is 48.7 Å². The number of carbonyl (C=O) groups is 1. The van der Waals surface area contributed by atoms with E-state index < -0.39 is 0 Å². The van der Waals surface area contributed by atoms with Crippen LogP contribution in [0.1, 0.15) is 17.0 Å². The Kier molecular flexibility index (Phi) is 7.48. The number of nitrogens with zero attached hydrogens (tertiary/aromatic N) is 2. The molecule has 0 bridgehead atoms. The molecule has 156 valence electrons. The number of thioether (sulfide) groups is 1. The highest BCUT2D eigenvalue weighted by Gasteiger charge is 2.14. The van der Waals surface area contributed by atoms with Gasteiger partial charge in [0.1, 0.15) is 5.75 Å². The monoisotopic (exact) mass is 461 g/mol. The molecule has 3 rings (SSSR count). The second-order valence-electron chi connectivity index (χ2n) is 6.51. The summed E-state index contributed by atoms with van der Waals surface area (Å²) in [5.41, 5.74) is 6.27. The van der Waals surface area contributed by atoms with Gasteiger partial charge in [-0.3, -0.25) is 4.79 Å². The summed E-state index contributed by atoms with van der Waals surface area (Å²) in [5.74, 6) is 0.797. The third-order valence-corrected chi connectivity index (χ3v) is 5.93. The van der Waals surface area contributed by atoms with Crippen LogP contribution in [0.25, 0.3) is 5.69 Å². The lowest BCUT2D eigenvalue weighted by Gasteiger charge is -2.14. The largest absolute Gasteiger partial charge is 0.495 e. The van der Waals surface area contributed by atoms with E-state index in [0.29, 0.717) is 10.0 Å². The molecule has 0 aliphatic carbocycles. The standard InChI is InChI=1S/C22H21Cl2N3O2S/c1-14-10-16(15(2)27(14)20-11-18(24)6-9-21(20)29-3)12-25-26-22(28)13-30-19-7-4-17(23)5-8-19/h4-12H,13H2,1-3H3,(H,26,28)/b25-12-. The molecule has 0 unspecified atom stereocenters. The van der Waals surface area contributed by atoms with Gasteiger partial charge in [0, 0.05) is 31.9 Å². The van der Waals surface area contributed by atoms with Gasteiger partial charge in [-0.1, -0.05) is 23.2 Å². The number of aromatic nitrogens is 1. The SMILES string of the molecule is COc1ccc(Cl)cc1-n1c(C)cc(/C=N\NC(=O)CSc2ccc(Cl)cc2)c1C. The Hall–Kier alpha value is -2.41. The molecule has 1 amide bonds. The van der Waals surface area contributed by atoms with Gasteiger partial charge in [-0.05, 0) is 62.4 Å². The van der Waals surface area contributed by atoms with E-state index in [1.165, 1.54) is 11.8 Å². The van der Waals surface area contributed by atoms with Gasteiger partial charge in [0.15, 0.2) is 0 Å².